The number of carbonyl (C=O) groups is 1. The summed E-state index contributed by atoms with van der Waals surface area (Å²) in [7, 11) is 0. The van der Waals surface area contributed by atoms with Crippen molar-refractivity contribution in [3.05, 3.63) is 52.5 Å². The van der Waals surface area contributed by atoms with Crippen LogP contribution in [0.5, 0.6) is 0 Å². The van der Waals surface area contributed by atoms with Gasteiger partial charge in [-0.1, -0.05) is 32.4 Å². The Bertz CT molecular complexity index is 1050. The number of nitrogens with zero attached hydrogens (tertiary/aromatic N) is 2. The third kappa shape index (κ3) is 3.84. The van der Waals surface area contributed by atoms with Crippen LogP contribution in [-0.2, 0) is 12.8 Å². The maximum absolute atomic E-state index is 13.2. The molecular weight excluding hydrogens is 362 g/mol. The molecule has 1 atom stereocenters. The third-order valence-electron chi connectivity index (χ3n) is 5.99. The van der Waals surface area contributed by atoms with Crippen molar-refractivity contribution in [2.45, 2.75) is 53.9 Å². The minimum atomic E-state index is -0.172. The van der Waals surface area contributed by atoms with Crippen LogP contribution in [0.15, 0.2) is 24.3 Å². The van der Waals surface area contributed by atoms with Gasteiger partial charge in [0.2, 0.25) is 0 Å². The lowest BCUT2D eigenvalue weighted by molar-refractivity contribution is 0.102. The summed E-state index contributed by atoms with van der Waals surface area (Å²) in [5.74, 6) is 0.371. The number of carbonyl (C=O) groups excluding carboxylic acids is 1. The van der Waals surface area contributed by atoms with Gasteiger partial charge in [-0.2, -0.15) is 10.2 Å². The second-order valence-corrected chi connectivity index (χ2v) is 9.27. The van der Waals surface area contributed by atoms with Gasteiger partial charge < -0.3 is 5.32 Å². The van der Waals surface area contributed by atoms with Crippen LogP contribution in [0.2, 0.25) is 0 Å². The standard InChI is InChI=1S/C23H29N5O/c1-13-6-8-18(16(10-13)20-11-14(2)25-27-20)24-22(29)21-17-12-15(23(3,4)5)7-9-19(17)26-28-21/h6,8,10-11,15H,7,9,12H2,1-5H3,(H,24,29)(H,25,27)(H,26,28)/t15-/m1/s1. The molecule has 0 unspecified atom stereocenters. The van der Waals surface area contributed by atoms with Crippen molar-refractivity contribution in [3.63, 3.8) is 0 Å². The van der Waals surface area contributed by atoms with E-state index in [4.69, 9.17) is 0 Å². The lowest BCUT2D eigenvalue weighted by Gasteiger charge is -2.33. The number of aryl methyl sites for hydroxylation is 3. The molecule has 2 aromatic heterocycles. The first-order chi connectivity index (χ1) is 13.7. The van der Waals surface area contributed by atoms with Gasteiger partial charge in [0.05, 0.1) is 11.4 Å². The highest BCUT2D eigenvalue weighted by molar-refractivity contribution is 6.06. The van der Waals surface area contributed by atoms with Gasteiger partial charge in [0.1, 0.15) is 0 Å². The normalized spacial score (nSPS) is 16.5. The molecule has 0 saturated carbocycles. The van der Waals surface area contributed by atoms with Crippen molar-refractivity contribution in [2.24, 2.45) is 11.3 Å². The number of H-pyrrole nitrogens is 2. The molecule has 3 aromatic rings. The number of hydrogen-bond acceptors (Lipinski definition) is 3. The van der Waals surface area contributed by atoms with Gasteiger partial charge >= 0.3 is 0 Å². The van der Waals surface area contributed by atoms with Gasteiger partial charge in [-0.15, -0.1) is 0 Å². The number of nitrogens with one attached hydrogen (secondary N) is 3. The fourth-order valence-corrected chi connectivity index (χ4v) is 4.14. The Balaban J connectivity index is 1.63. The maximum Gasteiger partial charge on any atom is 0.276 e. The molecule has 4 rings (SSSR count). The van der Waals surface area contributed by atoms with E-state index in [1.54, 1.807) is 0 Å². The average Bonchev–Trinajstić information content (AvgIpc) is 3.28. The zero-order valence-corrected chi connectivity index (χ0v) is 17.8. The van der Waals surface area contributed by atoms with Crippen LogP contribution in [0, 0.1) is 25.2 Å². The Labute approximate surface area is 171 Å². The molecule has 29 heavy (non-hydrogen) atoms. The van der Waals surface area contributed by atoms with Gasteiger partial charge in [-0.05, 0) is 62.6 Å². The molecule has 1 aliphatic rings. The van der Waals surface area contributed by atoms with Crippen molar-refractivity contribution >= 4 is 11.6 Å². The molecule has 0 radical (unpaired) electrons. The topological polar surface area (TPSA) is 86.5 Å². The van der Waals surface area contributed by atoms with E-state index in [2.05, 4.69) is 46.5 Å². The van der Waals surface area contributed by atoms with Gasteiger partial charge in [0, 0.05) is 22.5 Å². The summed E-state index contributed by atoms with van der Waals surface area (Å²) in [4.78, 5) is 13.2. The number of rotatable bonds is 3. The first-order valence-corrected chi connectivity index (χ1v) is 10.2. The zero-order chi connectivity index (χ0) is 20.8. The predicted molar refractivity (Wildman–Crippen MR) is 115 cm³/mol. The van der Waals surface area contributed by atoms with Crippen LogP contribution < -0.4 is 5.32 Å². The van der Waals surface area contributed by atoms with Crippen LogP contribution in [0.3, 0.4) is 0 Å². The Hall–Kier alpha value is -2.89. The predicted octanol–water partition coefficient (Wildman–Crippen LogP) is 4.82. The second-order valence-electron chi connectivity index (χ2n) is 9.27. The molecule has 1 aliphatic carbocycles. The van der Waals surface area contributed by atoms with Crippen molar-refractivity contribution in [3.8, 4) is 11.3 Å². The van der Waals surface area contributed by atoms with Crippen LogP contribution in [0.1, 0.15) is 60.2 Å². The first kappa shape index (κ1) is 19.4. The molecule has 0 fully saturated rings. The third-order valence-corrected chi connectivity index (χ3v) is 5.99. The largest absolute Gasteiger partial charge is 0.320 e. The summed E-state index contributed by atoms with van der Waals surface area (Å²) in [6.45, 7) is 10.8. The maximum atomic E-state index is 13.2. The fraction of sp³-hybridized carbons (Fsp3) is 0.435. The molecule has 1 aromatic carbocycles. The summed E-state index contributed by atoms with van der Waals surface area (Å²) >= 11 is 0. The van der Waals surface area contributed by atoms with Gasteiger partial charge in [0.15, 0.2) is 5.69 Å². The number of aromatic amines is 2. The summed E-state index contributed by atoms with van der Waals surface area (Å²) in [5, 5.41) is 17.9. The minimum Gasteiger partial charge on any atom is -0.320 e. The van der Waals surface area contributed by atoms with E-state index in [9.17, 15) is 4.79 Å². The highest BCUT2D eigenvalue weighted by atomic mass is 16.1. The monoisotopic (exact) mass is 391 g/mol. The molecule has 2 heterocycles. The van der Waals surface area contributed by atoms with Crippen LogP contribution >= 0.6 is 0 Å². The first-order valence-electron chi connectivity index (χ1n) is 10.2. The van der Waals surface area contributed by atoms with Crippen molar-refractivity contribution < 1.29 is 4.79 Å². The summed E-state index contributed by atoms with van der Waals surface area (Å²) in [6, 6.07) is 7.95. The van der Waals surface area contributed by atoms with E-state index in [1.807, 2.05) is 38.1 Å². The molecule has 1 amide bonds. The fourth-order valence-electron chi connectivity index (χ4n) is 4.14. The Morgan fingerprint density at radius 3 is 2.62 bits per heavy atom. The molecule has 152 valence electrons. The van der Waals surface area contributed by atoms with E-state index in [0.717, 1.165) is 58.7 Å². The number of hydrogen-bond donors (Lipinski definition) is 3. The molecule has 0 saturated heterocycles. The molecule has 6 nitrogen and oxygen atoms in total. The van der Waals surface area contributed by atoms with E-state index in [1.165, 1.54) is 0 Å². The molecule has 0 bridgehead atoms. The molecule has 6 heteroatoms. The van der Waals surface area contributed by atoms with Crippen LogP contribution in [0.25, 0.3) is 11.3 Å². The highest BCUT2D eigenvalue weighted by Crippen LogP contribution is 2.38. The van der Waals surface area contributed by atoms with Gasteiger partial charge in [-0.3, -0.25) is 15.0 Å². The van der Waals surface area contributed by atoms with Crippen molar-refractivity contribution in [1.82, 2.24) is 20.4 Å². The van der Waals surface area contributed by atoms with Gasteiger partial charge in [-0.25, -0.2) is 0 Å². The van der Waals surface area contributed by atoms with Gasteiger partial charge in [0.25, 0.3) is 5.91 Å². The smallest absolute Gasteiger partial charge is 0.276 e. The van der Waals surface area contributed by atoms with E-state index < -0.39 is 0 Å². The van der Waals surface area contributed by atoms with E-state index in [0.29, 0.717) is 11.6 Å². The van der Waals surface area contributed by atoms with E-state index in [-0.39, 0.29) is 11.3 Å². The highest BCUT2D eigenvalue weighted by Gasteiger charge is 2.32. The molecule has 3 N–H and O–H groups in total. The molecule has 0 spiro atoms. The zero-order valence-electron chi connectivity index (χ0n) is 17.8. The van der Waals surface area contributed by atoms with Crippen molar-refractivity contribution in [2.75, 3.05) is 5.32 Å². The van der Waals surface area contributed by atoms with Crippen LogP contribution in [0.4, 0.5) is 5.69 Å². The number of anilines is 1. The number of benzene rings is 1. The summed E-state index contributed by atoms with van der Waals surface area (Å²) < 4.78 is 0. The Morgan fingerprint density at radius 2 is 1.93 bits per heavy atom. The summed E-state index contributed by atoms with van der Waals surface area (Å²) in [6.07, 6.45) is 2.96. The number of aromatic nitrogens is 4. The number of amides is 1. The second kappa shape index (κ2) is 7.17. The molecular formula is C23H29N5O. The quantitative estimate of drug-likeness (QED) is 0.598. The SMILES string of the molecule is Cc1ccc(NC(=O)c2n[nH]c3c2C[C@H](C(C)(C)C)CC3)c(-c2cc(C)[nH]n2)c1. The Kier molecular flexibility index (Phi) is 4.81. The van der Waals surface area contributed by atoms with Crippen LogP contribution in [-0.4, -0.2) is 26.3 Å². The molecule has 0 aliphatic heterocycles. The number of fused-ring (bicyclic) bond motifs is 1. The van der Waals surface area contributed by atoms with Crippen molar-refractivity contribution in [1.29, 1.82) is 0 Å². The lowest BCUT2D eigenvalue weighted by Crippen LogP contribution is -2.28. The average molecular weight is 392 g/mol. The Morgan fingerprint density at radius 1 is 1.14 bits per heavy atom. The van der Waals surface area contributed by atoms with E-state index >= 15 is 0 Å². The lowest BCUT2D eigenvalue weighted by atomic mass is 9.71. The summed E-state index contributed by atoms with van der Waals surface area (Å²) in [5.41, 5.74) is 7.45. The minimum absolute atomic E-state index is 0.172.